The lowest BCUT2D eigenvalue weighted by Crippen LogP contribution is -2.11. The summed E-state index contributed by atoms with van der Waals surface area (Å²) in [4.78, 5) is 18.8. The number of nitrogens with zero attached hydrogens (tertiary/aromatic N) is 2. The molecule has 0 saturated heterocycles. The lowest BCUT2D eigenvalue weighted by atomic mass is 10.1. The summed E-state index contributed by atoms with van der Waals surface area (Å²) in [5.74, 6) is 0. The van der Waals surface area contributed by atoms with Crippen molar-refractivity contribution in [3.63, 3.8) is 0 Å². The van der Waals surface area contributed by atoms with E-state index in [4.69, 9.17) is 0 Å². The topological polar surface area (TPSA) is 50.7 Å². The molecule has 4 heteroatoms. The van der Waals surface area contributed by atoms with Gasteiger partial charge in [-0.05, 0) is 12.1 Å². The number of aromatic amines is 1. The molecule has 0 radical (unpaired) electrons. The summed E-state index contributed by atoms with van der Waals surface area (Å²) in [6, 6.07) is 15.9. The quantitative estimate of drug-likeness (QED) is 0.580. The van der Waals surface area contributed by atoms with Gasteiger partial charge in [0, 0.05) is 35.1 Å². The fourth-order valence-corrected chi connectivity index (χ4v) is 2.84. The highest BCUT2D eigenvalue weighted by Crippen LogP contribution is 2.31. The van der Waals surface area contributed by atoms with Crippen LogP contribution in [0, 0.1) is 0 Å². The van der Waals surface area contributed by atoms with Crippen molar-refractivity contribution >= 4 is 21.8 Å². The van der Waals surface area contributed by atoms with Gasteiger partial charge in [-0.25, -0.2) is 4.79 Å². The zero-order valence-corrected chi connectivity index (χ0v) is 11.5. The van der Waals surface area contributed by atoms with Crippen LogP contribution in [0.3, 0.4) is 0 Å². The number of H-pyrrole nitrogens is 1. The van der Waals surface area contributed by atoms with Gasteiger partial charge < -0.3 is 9.55 Å². The van der Waals surface area contributed by atoms with E-state index in [1.807, 2.05) is 49.6 Å². The molecule has 21 heavy (non-hydrogen) atoms. The molecule has 0 saturated carbocycles. The maximum Gasteiger partial charge on any atom is 0.345 e. The van der Waals surface area contributed by atoms with Crippen molar-refractivity contribution in [2.75, 3.05) is 0 Å². The largest absolute Gasteiger partial charge is 0.350 e. The Bertz CT molecular complexity index is 1030. The van der Waals surface area contributed by atoms with Crippen LogP contribution in [0.25, 0.3) is 33.1 Å². The smallest absolute Gasteiger partial charge is 0.345 e. The number of fused-ring (bicyclic) bond motifs is 2. The number of nitrogens with one attached hydrogen (secondary N) is 1. The summed E-state index contributed by atoms with van der Waals surface area (Å²) in [5.41, 5.74) is 3.32. The Hall–Kier alpha value is -2.88. The first kappa shape index (κ1) is 11.9. The second-order valence-electron chi connectivity index (χ2n) is 5.11. The van der Waals surface area contributed by atoms with Crippen LogP contribution in [0.1, 0.15) is 0 Å². The van der Waals surface area contributed by atoms with E-state index in [9.17, 15) is 4.79 Å². The van der Waals surface area contributed by atoms with Gasteiger partial charge in [-0.1, -0.05) is 36.4 Å². The Kier molecular flexibility index (Phi) is 2.44. The molecule has 102 valence electrons. The van der Waals surface area contributed by atoms with Gasteiger partial charge in [0.25, 0.3) is 0 Å². The van der Waals surface area contributed by atoms with Crippen LogP contribution in [0.4, 0.5) is 0 Å². The zero-order valence-electron chi connectivity index (χ0n) is 11.5. The standard InChI is InChI=1S/C17H13N3O/c1-20-10-13(11-6-3-5-9-15(11)20)16-12-7-2-4-8-14(12)18-17(21)19-16/h2-10H,1H3,(H,18,19,21). The van der Waals surface area contributed by atoms with Crippen molar-refractivity contribution in [1.29, 1.82) is 0 Å². The van der Waals surface area contributed by atoms with Gasteiger partial charge in [-0.2, -0.15) is 4.98 Å². The van der Waals surface area contributed by atoms with E-state index in [-0.39, 0.29) is 5.69 Å². The lowest BCUT2D eigenvalue weighted by Gasteiger charge is -2.03. The van der Waals surface area contributed by atoms with Gasteiger partial charge in [-0.3, -0.25) is 0 Å². The molecule has 0 aliphatic carbocycles. The highest BCUT2D eigenvalue weighted by atomic mass is 16.1. The van der Waals surface area contributed by atoms with Gasteiger partial charge in [-0.15, -0.1) is 0 Å². The van der Waals surface area contributed by atoms with Gasteiger partial charge in [0.1, 0.15) is 0 Å². The molecule has 0 bridgehead atoms. The van der Waals surface area contributed by atoms with Crippen molar-refractivity contribution in [3.8, 4) is 11.3 Å². The molecule has 0 fully saturated rings. The van der Waals surface area contributed by atoms with Crippen LogP contribution in [0.2, 0.25) is 0 Å². The minimum atomic E-state index is -0.323. The Morgan fingerprint density at radius 2 is 1.71 bits per heavy atom. The maximum atomic E-state index is 11.8. The lowest BCUT2D eigenvalue weighted by molar-refractivity contribution is 0.969. The van der Waals surface area contributed by atoms with Crippen LogP contribution in [-0.4, -0.2) is 14.5 Å². The normalized spacial score (nSPS) is 11.3. The third-order valence-electron chi connectivity index (χ3n) is 3.79. The van der Waals surface area contributed by atoms with E-state index in [2.05, 4.69) is 26.7 Å². The van der Waals surface area contributed by atoms with Gasteiger partial charge in [0.05, 0.1) is 11.2 Å². The Morgan fingerprint density at radius 1 is 1.00 bits per heavy atom. The van der Waals surface area contributed by atoms with Crippen LogP contribution in [0.15, 0.2) is 59.5 Å². The zero-order chi connectivity index (χ0) is 14.4. The summed E-state index contributed by atoms with van der Waals surface area (Å²) in [7, 11) is 2.00. The number of benzene rings is 2. The van der Waals surface area contributed by atoms with Crippen LogP contribution >= 0.6 is 0 Å². The first-order chi connectivity index (χ1) is 10.2. The molecular formula is C17H13N3O. The third-order valence-corrected chi connectivity index (χ3v) is 3.79. The molecule has 4 nitrogen and oxygen atoms in total. The summed E-state index contributed by atoms with van der Waals surface area (Å²) in [6.07, 6.45) is 2.03. The number of hydrogen-bond acceptors (Lipinski definition) is 2. The molecule has 0 aliphatic heterocycles. The highest BCUT2D eigenvalue weighted by Gasteiger charge is 2.13. The van der Waals surface area contributed by atoms with Gasteiger partial charge in [0.15, 0.2) is 0 Å². The summed E-state index contributed by atoms with van der Waals surface area (Å²) >= 11 is 0. The van der Waals surface area contributed by atoms with E-state index >= 15 is 0 Å². The molecule has 1 N–H and O–H groups in total. The molecule has 2 aromatic heterocycles. The molecule has 4 rings (SSSR count). The molecule has 2 heterocycles. The predicted octanol–water partition coefficient (Wildman–Crippen LogP) is 3.08. The SMILES string of the molecule is Cn1cc(-c2nc(=O)[nH]c3ccccc23)c2ccccc21. The van der Waals surface area contributed by atoms with E-state index in [0.717, 1.165) is 33.1 Å². The molecule has 0 unspecified atom stereocenters. The fraction of sp³-hybridized carbons (Fsp3) is 0.0588. The van der Waals surface area contributed by atoms with Crippen molar-refractivity contribution < 1.29 is 0 Å². The van der Waals surface area contributed by atoms with Crippen molar-refractivity contribution in [1.82, 2.24) is 14.5 Å². The second-order valence-corrected chi connectivity index (χ2v) is 5.11. The minimum absolute atomic E-state index is 0.323. The predicted molar refractivity (Wildman–Crippen MR) is 84.3 cm³/mol. The summed E-state index contributed by atoms with van der Waals surface area (Å²) in [5, 5.41) is 2.05. The number of aryl methyl sites for hydroxylation is 1. The summed E-state index contributed by atoms with van der Waals surface area (Å²) < 4.78 is 2.06. The molecule has 0 spiro atoms. The van der Waals surface area contributed by atoms with Crippen molar-refractivity contribution in [2.24, 2.45) is 7.05 Å². The van der Waals surface area contributed by atoms with Crippen LogP contribution in [0.5, 0.6) is 0 Å². The molecule has 0 amide bonds. The van der Waals surface area contributed by atoms with Crippen LogP contribution in [-0.2, 0) is 7.05 Å². The maximum absolute atomic E-state index is 11.8. The number of hydrogen-bond donors (Lipinski definition) is 1. The highest BCUT2D eigenvalue weighted by molar-refractivity contribution is 6.02. The Labute approximate surface area is 120 Å². The van der Waals surface area contributed by atoms with Crippen molar-refractivity contribution in [3.05, 3.63) is 65.2 Å². The second kappa shape index (κ2) is 4.31. The number of para-hydroxylation sites is 2. The molecule has 4 aromatic rings. The van der Waals surface area contributed by atoms with Crippen molar-refractivity contribution in [2.45, 2.75) is 0 Å². The number of aromatic nitrogens is 3. The minimum Gasteiger partial charge on any atom is -0.350 e. The van der Waals surface area contributed by atoms with E-state index < -0.39 is 0 Å². The average Bonchev–Trinajstić information content (AvgIpc) is 2.84. The molecular weight excluding hydrogens is 262 g/mol. The Morgan fingerprint density at radius 3 is 2.57 bits per heavy atom. The molecule has 2 aromatic carbocycles. The van der Waals surface area contributed by atoms with Crippen LogP contribution < -0.4 is 5.69 Å². The van der Waals surface area contributed by atoms with Gasteiger partial charge in [0.2, 0.25) is 0 Å². The average molecular weight is 275 g/mol. The van der Waals surface area contributed by atoms with E-state index in [1.165, 1.54) is 0 Å². The van der Waals surface area contributed by atoms with Gasteiger partial charge >= 0.3 is 5.69 Å². The molecule has 0 aliphatic rings. The first-order valence-corrected chi connectivity index (χ1v) is 6.77. The monoisotopic (exact) mass is 275 g/mol. The first-order valence-electron chi connectivity index (χ1n) is 6.77. The molecule has 0 atom stereocenters. The number of rotatable bonds is 1. The Balaban J connectivity index is 2.16. The third kappa shape index (κ3) is 1.76. The fourth-order valence-electron chi connectivity index (χ4n) is 2.84. The van der Waals surface area contributed by atoms with E-state index in [0.29, 0.717) is 0 Å². The summed E-state index contributed by atoms with van der Waals surface area (Å²) in [6.45, 7) is 0. The van der Waals surface area contributed by atoms with E-state index in [1.54, 1.807) is 0 Å².